The maximum Gasteiger partial charge on any atom is 0.175 e. The highest BCUT2D eigenvalue weighted by Gasteiger charge is 2.39. The van der Waals surface area contributed by atoms with Crippen LogP contribution < -0.4 is 5.32 Å². The van der Waals surface area contributed by atoms with Crippen LogP contribution in [0.4, 0.5) is 0 Å². The first kappa shape index (κ1) is 24.3. The summed E-state index contributed by atoms with van der Waals surface area (Å²) >= 11 is 0. The topological polar surface area (TPSA) is 72.9 Å². The minimum absolute atomic E-state index is 0.0499. The zero-order valence-electron chi connectivity index (χ0n) is 19.7. The lowest BCUT2D eigenvalue weighted by Gasteiger charge is -2.34. The number of hydrogen-bond acceptors (Lipinski definition) is 6. The zero-order valence-corrected chi connectivity index (χ0v) is 19.7. The molecule has 1 saturated heterocycles. The molecule has 2 aliphatic rings. The number of Topliss-reactive ketones (excluding diaryl/α,β-unsaturated/α-hetero) is 2. The second kappa shape index (κ2) is 12.1. The molecule has 34 heavy (non-hydrogen) atoms. The number of nitrogens with one attached hydrogen (secondary N) is 1. The number of piperazine rings is 1. The third-order valence-corrected chi connectivity index (χ3v) is 6.97. The number of aliphatic hydroxyl groups excluding tert-OH is 1. The van der Waals surface area contributed by atoms with Crippen LogP contribution in [0, 0.1) is 5.92 Å². The van der Waals surface area contributed by atoms with E-state index in [1.807, 2.05) is 60.7 Å². The van der Waals surface area contributed by atoms with E-state index in [-0.39, 0.29) is 30.0 Å². The number of carbonyl (C=O) groups excluding carboxylic acids is 2. The smallest absolute Gasteiger partial charge is 0.175 e. The van der Waals surface area contributed by atoms with E-state index >= 15 is 0 Å². The lowest BCUT2D eigenvalue weighted by atomic mass is 9.72. The van der Waals surface area contributed by atoms with Gasteiger partial charge < -0.3 is 10.4 Å². The maximum atomic E-state index is 13.4. The number of allylic oxidation sites excluding steroid dienone is 1. The Morgan fingerprint density at radius 1 is 0.853 bits per heavy atom. The average Bonchev–Trinajstić information content (AvgIpc) is 2.87. The molecule has 6 heteroatoms. The number of aliphatic hydroxyl groups is 1. The van der Waals surface area contributed by atoms with Crippen LogP contribution in [-0.4, -0.2) is 78.9 Å². The van der Waals surface area contributed by atoms with Crippen molar-refractivity contribution in [3.05, 3.63) is 83.6 Å². The lowest BCUT2D eigenvalue weighted by Crippen LogP contribution is -2.48. The van der Waals surface area contributed by atoms with E-state index in [1.54, 1.807) is 6.20 Å². The summed E-state index contributed by atoms with van der Waals surface area (Å²) in [5.41, 5.74) is 2.40. The summed E-state index contributed by atoms with van der Waals surface area (Å²) in [5, 5.41) is 12.3. The standard InChI is InChI=1S/C28H35N3O3/c32-18-17-31-15-13-30(14-16-31)12-11-29-21-26-27(33)24(19-22-7-3-1-4-8-22)20-25(28(26)34)23-9-5-2-6-10-23/h1-10,21,24-25,29,32H,11-20H2/b26-21-. The first-order valence-electron chi connectivity index (χ1n) is 12.3. The van der Waals surface area contributed by atoms with Crippen molar-refractivity contribution in [2.24, 2.45) is 5.92 Å². The van der Waals surface area contributed by atoms with Crippen molar-refractivity contribution in [3.63, 3.8) is 0 Å². The Labute approximate surface area is 202 Å². The molecule has 0 aromatic heterocycles. The molecule has 2 unspecified atom stereocenters. The van der Waals surface area contributed by atoms with Gasteiger partial charge in [-0.2, -0.15) is 0 Å². The van der Waals surface area contributed by atoms with Gasteiger partial charge in [0.25, 0.3) is 0 Å². The van der Waals surface area contributed by atoms with Crippen molar-refractivity contribution < 1.29 is 14.7 Å². The van der Waals surface area contributed by atoms with Crippen LogP contribution in [-0.2, 0) is 16.0 Å². The number of ketones is 2. The summed E-state index contributed by atoms with van der Waals surface area (Å²) in [4.78, 5) is 31.3. The van der Waals surface area contributed by atoms with Gasteiger partial charge in [0.1, 0.15) is 0 Å². The molecule has 1 heterocycles. The van der Waals surface area contributed by atoms with Gasteiger partial charge in [0, 0.05) is 63.8 Å². The van der Waals surface area contributed by atoms with Gasteiger partial charge in [-0.05, 0) is 24.0 Å². The summed E-state index contributed by atoms with van der Waals surface area (Å²) in [6, 6.07) is 19.9. The van der Waals surface area contributed by atoms with Gasteiger partial charge in [-0.15, -0.1) is 0 Å². The molecule has 0 amide bonds. The molecule has 2 aromatic rings. The molecule has 6 nitrogen and oxygen atoms in total. The summed E-state index contributed by atoms with van der Waals surface area (Å²) in [5.74, 6) is -0.630. The van der Waals surface area contributed by atoms with Crippen LogP contribution in [0.5, 0.6) is 0 Å². The van der Waals surface area contributed by atoms with Gasteiger partial charge in [0.2, 0.25) is 0 Å². The van der Waals surface area contributed by atoms with E-state index in [1.165, 1.54) is 0 Å². The van der Waals surface area contributed by atoms with E-state index < -0.39 is 0 Å². The van der Waals surface area contributed by atoms with Gasteiger partial charge in [0.05, 0.1) is 12.2 Å². The van der Waals surface area contributed by atoms with Crippen molar-refractivity contribution in [1.82, 2.24) is 15.1 Å². The molecule has 2 N–H and O–H groups in total. The molecule has 0 bridgehead atoms. The first-order chi connectivity index (χ1) is 16.7. The first-order valence-corrected chi connectivity index (χ1v) is 12.3. The van der Waals surface area contributed by atoms with E-state index in [0.29, 0.717) is 25.0 Å². The lowest BCUT2D eigenvalue weighted by molar-refractivity contribution is -0.128. The molecule has 1 aliphatic carbocycles. The van der Waals surface area contributed by atoms with E-state index in [0.717, 1.165) is 50.4 Å². The third kappa shape index (κ3) is 6.20. The second-order valence-corrected chi connectivity index (χ2v) is 9.23. The SMILES string of the molecule is O=C1/C(=C/NCCN2CCN(CCO)CC2)C(=O)C(c2ccccc2)CC1Cc1ccccc1. The normalized spacial score (nSPS) is 23.4. The fraction of sp³-hybridized carbons (Fsp3) is 0.429. The average molecular weight is 462 g/mol. The Bertz CT molecular complexity index is 969. The predicted octanol–water partition coefficient (Wildman–Crippen LogP) is 2.25. The van der Waals surface area contributed by atoms with Crippen molar-refractivity contribution >= 4 is 11.6 Å². The number of rotatable bonds is 9. The minimum atomic E-state index is -0.291. The van der Waals surface area contributed by atoms with E-state index in [4.69, 9.17) is 5.11 Å². The Kier molecular flexibility index (Phi) is 8.63. The molecule has 1 saturated carbocycles. The van der Waals surface area contributed by atoms with Crippen molar-refractivity contribution in [2.45, 2.75) is 18.8 Å². The van der Waals surface area contributed by atoms with Crippen LogP contribution in [0.1, 0.15) is 23.5 Å². The fourth-order valence-corrected chi connectivity index (χ4v) is 4.99. The van der Waals surface area contributed by atoms with Gasteiger partial charge in [-0.3, -0.25) is 19.4 Å². The Balaban J connectivity index is 1.41. The molecule has 2 aromatic carbocycles. The molecule has 0 radical (unpaired) electrons. The van der Waals surface area contributed by atoms with Crippen LogP contribution >= 0.6 is 0 Å². The largest absolute Gasteiger partial charge is 0.395 e. The van der Waals surface area contributed by atoms with Gasteiger partial charge in [0.15, 0.2) is 11.6 Å². The van der Waals surface area contributed by atoms with Gasteiger partial charge >= 0.3 is 0 Å². The minimum Gasteiger partial charge on any atom is -0.395 e. The van der Waals surface area contributed by atoms with Crippen molar-refractivity contribution in [3.8, 4) is 0 Å². The van der Waals surface area contributed by atoms with Crippen molar-refractivity contribution in [1.29, 1.82) is 0 Å². The van der Waals surface area contributed by atoms with Gasteiger partial charge in [-0.1, -0.05) is 60.7 Å². The Hall–Kier alpha value is -2.80. The molecule has 2 atom stereocenters. The van der Waals surface area contributed by atoms with Crippen LogP contribution in [0.3, 0.4) is 0 Å². The van der Waals surface area contributed by atoms with Crippen LogP contribution in [0.25, 0.3) is 0 Å². The number of β-amino-alcohol motifs (C(OH)–C–C–N with tert-alkyl or cyclic N) is 1. The Morgan fingerprint density at radius 2 is 1.47 bits per heavy atom. The third-order valence-electron chi connectivity index (χ3n) is 6.97. The number of nitrogens with zero attached hydrogens (tertiary/aromatic N) is 2. The van der Waals surface area contributed by atoms with E-state index in [9.17, 15) is 9.59 Å². The number of hydrogen-bond donors (Lipinski definition) is 2. The summed E-state index contributed by atoms with van der Waals surface area (Å²) in [7, 11) is 0. The molecular formula is C28H35N3O3. The van der Waals surface area contributed by atoms with E-state index in [2.05, 4.69) is 15.1 Å². The highest BCUT2D eigenvalue weighted by Crippen LogP contribution is 2.36. The molecule has 4 rings (SSSR count). The molecule has 0 spiro atoms. The summed E-state index contributed by atoms with van der Waals surface area (Å²) in [6.07, 6.45) is 2.86. The fourth-order valence-electron chi connectivity index (χ4n) is 4.99. The number of benzene rings is 2. The van der Waals surface area contributed by atoms with Crippen molar-refractivity contribution in [2.75, 3.05) is 52.4 Å². The summed E-state index contributed by atoms with van der Waals surface area (Å²) in [6.45, 7) is 6.31. The quantitative estimate of drug-likeness (QED) is 0.339. The highest BCUT2D eigenvalue weighted by atomic mass is 16.3. The van der Waals surface area contributed by atoms with Crippen LogP contribution in [0.15, 0.2) is 72.4 Å². The highest BCUT2D eigenvalue weighted by molar-refractivity contribution is 6.24. The van der Waals surface area contributed by atoms with Crippen LogP contribution in [0.2, 0.25) is 0 Å². The molecule has 2 fully saturated rings. The molecular weight excluding hydrogens is 426 g/mol. The molecule has 180 valence electrons. The monoisotopic (exact) mass is 461 g/mol. The molecule has 1 aliphatic heterocycles. The maximum absolute atomic E-state index is 13.4. The summed E-state index contributed by atoms with van der Waals surface area (Å²) < 4.78 is 0. The second-order valence-electron chi connectivity index (χ2n) is 9.23. The van der Waals surface area contributed by atoms with Gasteiger partial charge in [-0.25, -0.2) is 0 Å². The Morgan fingerprint density at radius 3 is 2.12 bits per heavy atom. The number of carbonyl (C=O) groups is 2. The zero-order chi connectivity index (χ0) is 23.8. The predicted molar refractivity (Wildman–Crippen MR) is 134 cm³/mol.